The van der Waals surface area contributed by atoms with Gasteiger partial charge in [0.25, 0.3) is 15.9 Å². The summed E-state index contributed by atoms with van der Waals surface area (Å²) in [6.07, 6.45) is 1.49. The second-order valence-electron chi connectivity index (χ2n) is 8.52. The van der Waals surface area contributed by atoms with Gasteiger partial charge in [0.1, 0.15) is 0 Å². The first-order chi connectivity index (χ1) is 16.2. The Morgan fingerprint density at radius 2 is 1.68 bits per heavy atom. The fourth-order valence-electron chi connectivity index (χ4n) is 3.82. The first-order valence-corrected chi connectivity index (χ1v) is 12.6. The van der Waals surface area contributed by atoms with Gasteiger partial charge in [-0.25, -0.2) is 8.42 Å². The molecule has 34 heavy (non-hydrogen) atoms. The zero-order valence-electron chi connectivity index (χ0n) is 19.2. The average Bonchev–Trinajstić information content (AvgIpc) is 3.21. The smallest absolute Gasteiger partial charge is 0.261 e. The maximum absolute atomic E-state index is 12.8. The number of aryl methyl sites for hydroxylation is 2. The SMILES string of the molecule is Cc1ccc(C)c(NS(=O)(=O)c2ccc(NC(=O)c3ccc(CN4CCCC4=O)cc3)cc2)c1. The minimum absolute atomic E-state index is 0.104. The molecule has 1 aliphatic heterocycles. The molecule has 0 spiro atoms. The van der Waals surface area contributed by atoms with Gasteiger partial charge in [-0.2, -0.15) is 0 Å². The maximum Gasteiger partial charge on any atom is 0.261 e. The monoisotopic (exact) mass is 477 g/mol. The molecule has 0 atom stereocenters. The van der Waals surface area contributed by atoms with Crippen molar-refractivity contribution in [1.82, 2.24) is 4.90 Å². The number of rotatable bonds is 7. The normalized spacial score (nSPS) is 13.7. The molecule has 7 nitrogen and oxygen atoms in total. The van der Waals surface area contributed by atoms with E-state index in [2.05, 4.69) is 10.0 Å². The molecule has 1 aliphatic rings. The molecule has 0 unspecified atom stereocenters. The number of carbonyl (C=O) groups excluding carboxylic acids is 2. The Bertz CT molecular complexity index is 1320. The van der Waals surface area contributed by atoms with Crippen LogP contribution in [0, 0.1) is 13.8 Å². The number of benzene rings is 3. The first kappa shape index (κ1) is 23.5. The molecule has 0 aliphatic carbocycles. The number of nitrogens with one attached hydrogen (secondary N) is 2. The third-order valence-electron chi connectivity index (χ3n) is 5.82. The van der Waals surface area contributed by atoms with Crippen molar-refractivity contribution in [2.24, 2.45) is 0 Å². The van der Waals surface area contributed by atoms with Crippen molar-refractivity contribution in [3.05, 3.63) is 89.0 Å². The van der Waals surface area contributed by atoms with Crippen LogP contribution < -0.4 is 10.0 Å². The minimum atomic E-state index is -3.76. The van der Waals surface area contributed by atoms with E-state index in [0.29, 0.717) is 29.9 Å². The Morgan fingerprint density at radius 1 is 0.971 bits per heavy atom. The number of amides is 2. The summed E-state index contributed by atoms with van der Waals surface area (Å²) in [5.74, 6) is -0.135. The van der Waals surface area contributed by atoms with Crippen LogP contribution >= 0.6 is 0 Å². The predicted octanol–water partition coefficient (Wildman–Crippen LogP) is 4.48. The molecule has 8 heteroatoms. The maximum atomic E-state index is 12.8. The van der Waals surface area contributed by atoms with Gasteiger partial charge in [-0.1, -0.05) is 24.3 Å². The second-order valence-corrected chi connectivity index (χ2v) is 10.2. The van der Waals surface area contributed by atoms with Gasteiger partial charge in [0.2, 0.25) is 5.91 Å². The molecule has 2 amide bonds. The van der Waals surface area contributed by atoms with Crippen molar-refractivity contribution in [3.8, 4) is 0 Å². The molecule has 3 aromatic carbocycles. The second kappa shape index (κ2) is 9.69. The summed E-state index contributed by atoms with van der Waals surface area (Å²) >= 11 is 0. The number of sulfonamides is 1. The van der Waals surface area contributed by atoms with Crippen molar-refractivity contribution in [2.45, 2.75) is 38.1 Å². The van der Waals surface area contributed by atoms with Crippen LogP contribution in [0.25, 0.3) is 0 Å². The number of hydrogen-bond acceptors (Lipinski definition) is 4. The Morgan fingerprint density at radius 3 is 2.32 bits per heavy atom. The number of hydrogen-bond donors (Lipinski definition) is 2. The Balaban J connectivity index is 1.39. The van der Waals surface area contributed by atoms with Crippen molar-refractivity contribution in [1.29, 1.82) is 0 Å². The number of carbonyl (C=O) groups is 2. The van der Waals surface area contributed by atoms with Gasteiger partial charge in [0.15, 0.2) is 0 Å². The lowest BCUT2D eigenvalue weighted by Crippen LogP contribution is -2.23. The highest BCUT2D eigenvalue weighted by atomic mass is 32.2. The topological polar surface area (TPSA) is 95.6 Å². The quantitative estimate of drug-likeness (QED) is 0.525. The summed E-state index contributed by atoms with van der Waals surface area (Å²) in [5, 5.41) is 2.78. The summed E-state index contributed by atoms with van der Waals surface area (Å²) in [5.41, 5.74) is 4.26. The van der Waals surface area contributed by atoms with Gasteiger partial charge in [0.05, 0.1) is 10.6 Å². The van der Waals surface area contributed by atoms with Crippen LogP contribution in [0.1, 0.15) is 39.9 Å². The van der Waals surface area contributed by atoms with Crippen molar-refractivity contribution < 1.29 is 18.0 Å². The molecule has 1 heterocycles. The average molecular weight is 478 g/mol. The molecule has 3 aromatic rings. The highest BCUT2D eigenvalue weighted by Gasteiger charge is 2.20. The predicted molar refractivity (Wildman–Crippen MR) is 132 cm³/mol. The van der Waals surface area contributed by atoms with E-state index >= 15 is 0 Å². The Kier molecular flexibility index (Phi) is 6.70. The molecule has 4 rings (SSSR count). The molecule has 176 valence electrons. The molecular weight excluding hydrogens is 450 g/mol. The molecule has 0 aromatic heterocycles. The summed E-state index contributed by atoms with van der Waals surface area (Å²) in [4.78, 5) is 26.3. The highest BCUT2D eigenvalue weighted by molar-refractivity contribution is 7.92. The van der Waals surface area contributed by atoms with Crippen LogP contribution in [0.15, 0.2) is 71.6 Å². The van der Waals surface area contributed by atoms with Crippen LogP contribution in [0.4, 0.5) is 11.4 Å². The lowest BCUT2D eigenvalue weighted by atomic mass is 10.1. The van der Waals surface area contributed by atoms with Crippen molar-refractivity contribution in [2.75, 3.05) is 16.6 Å². The number of likely N-dealkylation sites (tertiary alicyclic amines) is 1. The molecule has 0 radical (unpaired) electrons. The molecule has 2 N–H and O–H groups in total. The Labute approximate surface area is 199 Å². The van der Waals surface area contributed by atoms with E-state index in [9.17, 15) is 18.0 Å². The summed E-state index contributed by atoms with van der Waals surface area (Å²) in [6, 6.07) is 18.7. The summed E-state index contributed by atoms with van der Waals surface area (Å²) < 4.78 is 28.2. The van der Waals surface area contributed by atoms with Crippen LogP contribution in [0.2, 0.25) is 0 Å². The largest absolute Gasteiger partial charge is 0.338 e. The van der Waals surface area contributed by atoms with E-state index in [1.54, 1.807) is 30.3 Å². The third-order valence-corrected chi connectivity index (χ3v) is 7.20. The van der Waals surface area contributed by atoms with Crippen LogP contribution in [-0.2, 0) is 21.4 Å². The number of nitrogens with zero attached hydrogens (tertiary/aromatic N) is 1. The zero-order chi connectivity index (χ0) is 24.3. The van der Waals surface area contributed by atoms with E-state index in [-0.39, 0.29) is 16.7 Å². The molecule has 1 fully saturated rings. The fourth-order valence-corrected chi connectivity index (χ4v) is 4.94. The van der Waals surface area contributed by atoms with Crippen LogP contribution in [0.5, 0.6) is 0 Å². The van der Waals surface area contributed by atoms with Gasteiger partial charge < -0.3 is 10.2 Å². The van der Waals surface area contributed by atoms with E-state index in [4.69, 9.17) is 0 Å². The molecule has 0 bridgehead atoms. The van der Waals surface area contributed by atoms with Gasteiger partial charge in [-0.05, 0) is 79.4 Å². The third kappa shape index (κ3) is 5.46. The van der Waals surface area contributed by atoms with E-state index < -0.39 is 10.0 Å². The fraction of sp³-hybridized carbons (Fsp3) is 0.231. The minimum Gasteiger partial charge on any atom is -0.338 e. The van der Waals surface area contributed by atoms with Gasteiger partial charge in [0, 0.05) is 30.8 Å². The van der Waals surface area contributed by atoms with E-state index in [0.717, 1.165) is 29.7 Å². The summed E-state index contributed by atoms with van der Waals surface area (Å²) in [6.45, 7) is 5.06. The van der Waals surface area contributed by atoms with E-state index in [1.165, 1.54) is 12.1 Å². The van der Waals surface area contributed by atoms with Gasteiger partial charge in [-0.3, -0.25) is 14.3 Å². The van der Waals surface area contributed by atoms with Crippen molar-refractivity contribution >= 4 is 33.2 Å². The van der Waals surface area contributed by atoms with Crippen LogP contribution in [-0.4, -0.2) is 31.7 Å². The lowest BCUT2D eigenvalue weighted by molar-refractivity contribution is -0.128. The van der Waals surface area contributed by atoms with Crippen LogP contribution in [0.3, 0.4) is 0 Å². The van der Waals surface area contributed by atoms with Crippen molar-refractivity contribution in [3.63, 3.8) is 0 Å². The highest BCUT2D eigenvalue weighted by Crippen LogP contribution is 2.22. The number of anilines is 2. The molecule has 1 saturated heterocycles. The van der Waals surface area contributed by atoms with Gasteiger partial charge in [-0.15, -0.1) is 0 Å². The van der Waals surface area contributed by atoms with E-state index in [1.807, 2.05) is 43.0 Å². The zero-order valence-corrected chi connectivity index (χ0v) is 20.0. The molecular formula is C26H27N3O4S. The summed E-state index contributed by atoms with van der Waals surface area (Å²) in [7, 11) is -3.76. The lowest BCUT2D eigenvalue weighted by Gasteiger charge is -2.15. The standard InChI is InChI=1S/C26H27N3O4S/c1-18-5-6-19(2)24(16-18)28-34(32,33)23-13-11-22(12-14-23)27-26(31)21-9-7-20(8-10-21)17-29-15-3-4-25(29)30/h5-14,16,28H,3-4,15,17H2,1-2H3,(H,27,31). The Hall–Kier alpha value is -3.65. The first-order valence-electron chi connectivity index (χ1n) is 11.1. The molecule has 0 saturated carbocycles. The van der Waals surface area contributed by atoms with Gasteiger partial charge >= 0.3 is 0 Å².